The average Bonchev–Trinajstić information content (AvgIpc) is 3.23. The third-order valence-corrected chi connectivity index (χ3v) is 5.62. The predicted octanol–water partition coefficient (Wildman–Crippen LogP) is 4.48. The second kappa shape index (κ2) is 7.96. The van der Waals surface area contributed by atoms with E-state index in [1.165, 1.54) is 11.8 Å². The Morgan fingerprint density at radius 2 is 1.74 bits per heavy atom. The summed E-state index contributed by atoms with van der Waals surface area (Å²) in [6.45, 7) is 3.67. The molecule has 6 heteroatoms. The lowest BCUT2D eigenvalue weighted by molar-refractivity contribution is -0.129. The summed E-state index contributed by atoms with van der Waals surface area (Å²) in [6, 6.07) is 17.9. The van der Waals surface area contributed by atoms with Crippen molar-refractivity contribution in [2.75, 3.05) is 18.4 Å². The lowest BCUT2D eigenvalue weighted by Crippen LogP contribution is -2.34. The summed E-state index contributed by atoms with van der Waals surface area (Å²) in [4.78, 5) is 24.0. The summed E-state index contributed by atoms with van der Waals surface area (Å²) in [5.74, 6) is 0.932. The fraction of sp³-hybridized carbons (Fsp3) is 0.286. The Bertz CT molecular complexity index is 941. The number of carbonyl (C=O) groups excluding carboxylic acids is 1. The van der Waals surface area contributed by atoms with E-state index in [9.17, 15) is 4.79 Å². The third-order valence-electron chi connectivity index (χ3n) is 4.67. The Morgan fingerprint density at radius 1 is 1.04 bits per heavy atom. The van der Waals surface area contributed by atoms with Gasteiger partial charge in [0.2, 0.25) is 5.91 Å². The number of para-hydroxylation sites is 2. The molecule has 27 heavy (non-hydrogen) atoms. The summed E-state index contributed by atoms with van der Waals surface area (Å²) in [6.07, 6.45) is 2.20. The maximum Gasteiger partial charge on any atom is 0.235 e. The van der Waals surface area contributed by atoms with Crippen LogP contribution in [0.25, 0.3) is 10.9 Å². The molecule has 0 spiro atoms. The van der Waals surface area contributed by atoms with Gasteiger partial charge in [0.05, 0.1) is 10.8 Å². The molecule has 2 aromatic carbocycles. The van der Waals surface area contributed by atoms with Crippen molar-refractivity contribution < 1.29 is 4.79 Å². The molecule has 1 saturated heterocycles. The number of thioether (sulfide) groups is 1. The van der Waals surface area contributed by atoms with E-state index in [4.69, 9.17) is 4.98 Å². The van der Waals surface area contributed by atoms with Crippen molar-refractivity contribution in [1.82, 2.24) is 14.9 Å². The Labute approximate surface area is 163 Å². The Kier molecular flexibility index (Phi) is 5.25. The van der Waals surface area contributed by atoms with Gasteiger partial charge in [0, 0.05) is 24.2 Å². The first-order valence-electron chi connectivity index (χ1n) is 9.25. The third kappa shape index (κ3) is 4.06. The van der Waals surface area contributed by atoms with Crippen molar-refractivity contribution in [1.29, 1.82) is 0 Å². The van der Waals surface area contributed by atoms with E-state index in [1.54, 1.807) is 0 Å². The normalized spacial score (nSPS) is 15.1. The molecule has 2 heterocycles. The molecule has 1 fully saturated rings. The van der Waals surface area contributed by atoms with Crippen LogP contribution >= 0.6 is 11.8 Å². The number of carbonyl (C=O) groups is 1. The number of anilines is 2. The number of benzene rings is 2. The second-order valence-corrected chi connectivity index (χ2v) is 7.96. The van der Waals surface area contributed by atoms with Gasteiger partial charge in [-0.05, 0) is 44.0 Å². The molecular weight excluding hydrogens is 356 g/mol. The van der Waals surface area contributed by atoms with Gasteiger partial charge in [0.1, 0.15) is 5.82 Å². The van der Waals surface area contributed by atoms with Gasteiger partial charge in [-0.1, -0.05) is 42.1 Å². The van der Waals surface area contributed by atoms with Crippen LogP contribution in [0.4, 0.5) is 11.5 Å². The molecule has 1 aliphatic heterocycles. The Morgan fingerprint density at radius 3 is 2.52 bits per heavy atom. The van der Waals surface area contributed by atoms with Gasteiger partial charge in [0.25, 0.3) is 0 Å². The highest BCUT2D eigenvalue weighted by atomic mass is 32.2. The lowest BCUT2D eigenvalue weighted by Gasteiger charge is -2.19. The van der Waals surface area contributed by atoms with Gasteiger partial charge in [-0.2, -0.15) is 0 Å². The topological polar surface area (TPSA) is 58.1 Å². The Balaban J connectivity index is 1.62. The standard InChI is InChI=1S/C21H22N4OS/c1-15(20(26)25-13-7-8-14-25)27-21-23-18-12-6-5-11-17(18)19(24-21)22-16-9-3-2-4-10-16/h2-6,9-12,15H,7-8,13-14H2,1H3,(H,22,23,24). The molecule has 0 saturated carbocycles. The maximum atomic E-state index is 12.6. The first-order valence-corrected chi connectivity index (χ1v) is 10.1. The van der Waals surface area contributed by atoms with Gasteiger partial charge in [-0.3, -0.25) is 4.79 Å². The number of likely N-dealkylation sites (tertiary alicyclic amines) is 1. The zero-order valence-corrected chi connectivity index (χ0v) is 16.1. The van der Waals surface area contributed by atoms with E-state index in [-0.39, 0.29) is 11.2 Å². The van der Waals surface area contributed by atoms with E-state index >= 15 is 0 Å². The largest absolute Gasteiger partial charge is 0.342 e. The monoisotopic (exact) mass is 378 g/mol. The number of nitrogens with one attached hydrogen (secondary N) is 1. The highest BCUT2D eigenvalue weighted by Crippen LogP contribution is 2.29. The molecule has 1 aliphatic rings. The molecule has 1 N–H and O–H groups in total. The van der Waals surface area contributed by atoms with Crippen molar-refractivity contribution in [2.24, 2.45) is 0 Å². The summed E-state index contributed by atoms with van der Waals surface area (Å²) in [7, 11) is 0. The zero-order valence-electron chi connectivity index (χ0n) is 15.3. The van der Waals surface area contributed by atoms with E-state index < -0.39 is 0 Å². The molecule has 0 radical (unpaired) electrons. The van der Waals surface area contributed by atoms with Crippen LogP contribution in [0, 0.1) is 0 Å². The summed E-state index contributed by atoms with van der Waals surface area (Å²) >= 11 is 1.42. The van der Waals surface area contributed by atoms with E-state index in [1.807, 2.05) is 66.4 Å². The predicted molar refractivity (Wildman–Crippen MR) is 110 cm³/mol. The number of hydrogen-bond acceptors (Lipinski definition) is 5. The number of rotatable bonds is 5. The van der Waals surface area contributed by atoms with Crippen molar-refractivity contribution >= 4 is 40.1 Å². The van der Waals surface area contributed by atoms with Crippen LogP contribution in [0.1, 0.15) is 19.8 Å². The van der Waals surface area contributed by atoms with Gasteiger partial charge >= 0.3 is 0 Å². The molecule has 1 unspecified atom stereocenters. The summed E-state index contributed by atoms with van der Waals surface area (Å²) < 4.78 is 0. The molecule has 1 amide bonds. The summed E-state index contributed by atoms with van der Waals surface area (Å²) in [5.41, 5.74) is 1.84. The van der Waals surface area contributed by atoms with E-state index in [0.717, 1.165) is 48.3 Å². The van der Waals surface area contributed by atoms with Gasteiger partial charge in [0.15, 0.2) is 5.16 Å². The highest BCUT2D eigenvalue weighted by Gasteiger charge is 2.25. The van der Waals surface area contributed by atoms with Crippen LogP contribution in [0.15, 0.2) is 59.8 Å². The summed E-state index contributed by atoms with van der Waals surface area (Å²) in [5, 5.41) is 4.76. The van der Waals surface area contributed by atoms with Crippen molar-refractivity contribution in [3.05, 3.63) is 54.6 Å². The number of nitrogens with zero attached hydrogens (tertiary/aromatic N) is 3. The Hall–Kier alpha value is -2.60. The lowest BCUT2D eigenvalue weighted by atomic mass is 10.2. The quantitative estimate of drug-likeness (QED) is 0.524. The molecule has 1 atom stereocenters. The van der Waals surface area contributed by atoms with Crippen LogP contribution in [-0.2, 0) is 4.79 Å². The van der Waals surface area contributed by atoms with Crippen molar-refractivity contribution in [2.45, 2.75) is 30.2 Å². The van der Waals surface area contributed by atoms with Gasteiger partial charge in [-0.15, -0.1) is 0 Å². The van der Waals surface area contributed by atoms with Crippen LogP contribution in [0.2, 0.25) is 0 Å². The minimum Gasteiger partial charge on any atom is -0.342 e. The van der Waals surface area contributed by atoms with Crippen LogP contribution in [0.3, 0.4) is 0 Å². The molecule has 3 aromatic rings. The molecule has 5 nitrogen and oxygen atoms in total. The highest BCUT2D eigenvalue weighted by molar-refractivity contribution is 8.00. The molecular formula is C21H22N4OS. The zero-order chi connectivity index (χ0) is 18.6. The SMILES string of the molecule is CC(Sc1nc(Nc2ccccc2)c2ccccc2n1)C(=O)N1CCCC1. The number of hydrogen-bond donors (Lipinski definition) is 1. The first kappa shape index (κ1) is 17.8. The molecule has 138 valence electrons. The maximum absolute atomic E-state index is 12.6. The van der Waals surface area contributed by atoms with Crippen LogP contribution in [-0.4, -0.2) is 39.1 Å². The van der Waals surface area contributed by atoms with Crippen molar-refractivity contribution in [3.63, 3.8) is 0 Å². The van der Waals surface area contributed by atoms with E-state index in [2.05, 4.69) is 10.3 Å². The fourth-order valence-electron chi connectivity index (χ4n) is 3.26. The van der Waals surface area contributed by atoms with Crippen molar-refractivity contribution in [3.8, 4) is 0 Å². The van der Waals surface area contributed by atoms with Gasteiger partial charge < -0.3 is 10.2 Å². The molecule has 0 bridgehead atoms. The minimum absolute atomic E-state index is 0.173. The molecule has 0 aliphatic carbocycles. The molecule has 4 rings (SSSR count). The van der Waals surface area contributed by atoms with Crippen LogP contribution < -0.4 is 5.32 Å². The number of aromatic nitrogens is 2. The second-order valence-electron chi connectivity index (χ2n) is 6.66. The first-order chi connectivity index (χ1) is 13.2. The molecule has 1 aromatic heterocycles. The van der Waals surface area contributed by atoms with E-state index in [0.29, 0.717) is 5.16 Å². The number of fused-ring (bicyclic) bond motifs is 1. The number of amides is 1. The minimum atomic E-state index is -0.200. The van der Waals surface area contributed by atoms with Crippen LogP contribution in [0.5, 0.6) is 0 Å². The smallest absolute Gasteiger partial charge is 0.235 e. The average molecular weight is 379 g/mol. The fourth-order valence-corrected chi connectivity index (χ4v) is 4.13. The van der Waals surface area contributed by atoms with Gasteiger partial charge in [-0.25, -0.2) is 9.97 Å².